The molecule has 0 aromatic heterocycles. The lowest BCUT2D eigenvalue weighted by molar-refractivity contribution is -0.127. The molecule has 0 spiro atoms. The number of aliphatic imine (C=N–C) groups is 1. The lowest BCUT2D eigenvalue weighted by Gasteiger charge is -2.35. The number of carbonyl (C=O) groups is 2. The first-order valence-corrected chi connectivity index (χ1v) is 13.4. The molecule has 0 N–H and O–H groups in total. The van der Waals surface area contributed by atoms with Gasteiger partial charge in [0.1, 0.15) is 11.6 Å². The number of amides is 2. The quantitative estimate of drug-likeness (QED) is 0.361. The second-order valence-corrected chi connectivity index (χ2v) is 11.0. The van der Waals surface area contributed by atoms with Crippen molar-refractivity contribution < 1.29 is 14.3 Å². The smallest absolute Gasteiger partial charge is 0.309 e. The van der Waals surface area contributed by atoms with E-state index in [1.807, 2.05) is 58.0 Å². The van der Waals surface area contributed by atoms with Crippen LogP contribution >= 0.6 is 11.8 Å². The number of nitrogens with zero attached hydrogens (tertiary/aromatic N) is 4. The van der Waals surface area contributed by atoms with Gasteiger partial charge >= 0.3 is 5.24 Å². The molecule has 4 rings (SSSR count). The van der Waals surface area contributed by atoms with E-state index in [9.17, 15) is 9.59 Å². The molecule has 2 aliphatic heterocycles. The Hall–Kier alpha value is -3.13. The summed E-state index contributed by atoms with van der Waals surface area (Å²) in [5.41, 5.74) is 5.07. The standard InChI is InChI=1S/C28H34N4O3S/c1-6-9-24(33)32-27(34)36-28(3,4)25(30-32)21-13-16-23-20(18-21)10-8-17-31(23)26(29-7-2)19-11-14-22(35-5)15-12-19/h11-16,18H,6-10,17H2,1-5H3. The maximum atomic E-state index is 12.6. The molecule has 0 atom stereocenters. The molecular formula is C28H34N4O3S. The van der Waals surface area contributed by atoms with Crippen molar-refractivity contribution in [3.05, 3.63) is 59.2 Å². The van der Waals surface area contributed by atoms with Gasteiger partial charge in [-0.15, -0.1) is 0 Å². The number of hydrazone groups is 1. The van der Waals surface area contributed by atoms with Crippen molar-refractivity contribution in [2.24, 2.45) is 10.1 Å². The van der Waals surface area contributed by atoms with Gasteiger partial charge in [-0.1, -0.05) is 13.0 Å². The fourth-order valence-electron chi connectivity index (χ4n) is 4.64. The number of anilines is 1. The Labute approximate surface area is 217 Å². The summed E-state index contributed by atoms with van der Waals surface area (Å²) in [6.07, 6.45) is 2.92. The zero-order valence-electron chi connectivity index (χ0n) is 21.7. The van der Waals surface area contributed by atoms with E-state index < -0.39 is 4.75 Å². The van der Waals surface area contributed by atoms with Crippen molar-refractivity contribution in [2.45, 2.75) is 58.1 Å². The van der Waals surface area contributed by atoms with E-state index in [-0.39, 0.29) is 11.1 Å². The summed E-state index contributed by atoms with van der Waals surface area (Å²) in [7, 11) is 1.67. The third-order valence-electron chi connectivity index (χ3n) is 6.37. The number of fused-ring (bicyclic) bond motifs is 1. The average Bonchev–Trinajstić information content (AvgIpc) is 2.86. The van der Waals surface area contributed by atoms with Crippen LogP contribution in [-0.2, 0) is 11.2 Å². The first kappa shape index (κ1) is 25.9. The highest BCUT2D eigenvalue weighted by atomic mass is 32.2. The predicted octanol–water partition coefficient (Wildman–Crippen LogP) is 5.89. The van der Waals surface area contributed by atoms with Crippen LogP contribution < -0.4 is 9.64 Å². The van der Waals surface area contributed by atoms with Crippen LogP contribution in [0.5, 0.6) is 5.75 Å². The zero-order valence-corrected chi connectivity index (χ0v) is 22.5. The highest BCUT2D eigenvalue weighted by Crippen LogP contribution is 2.38. The first-order valence-electron chi connectivity index (χ1n) is 12.5. The minimum Gasteiger partial charge on any atom is -0.497 e. The normalized spacial score (nSPS) is 17.5. The molecular weight excluding hydrogens is 472 g/mol. The van der Waals surface area contributed by atoms with Crippen LogP contribution in [0.15, 0.2) is 52.6 Å². The van der Waals surface area contributed by atoms with Crippen LogP contribution in [0.1, 0.15) is 63.6 Å². The lowest BCUT2D eigenvalue weighted by Crippen LogP contribution is -2.43. The van der Waals surface area contributed by atoms with Gasteiger partial charge in [0.2, 0.25) is 0 Å². The Kier molecular flexibility index (Phi) is 7.83. The molecule has 0 bridgehead atoms. The van der Waals surface area contributed by atoms with Crippen molar-refractivity contribution in [2.75, 3.05) is 25.1 Å². The van der Waals surface area contributed by atoms with Gasteiger partial charge in [0.05, 0.1) is 17.6 Å². The van der Waals surface area contributed by atoms with E-state index >= 15 is 0 Å². The number of imide groups is 1. The Morgan fingerprint density at radius 3 is 2.58 bits per heavy atom. The molecule has 8 heteroatoms. The fourth-order valence-corrected chi connectivity index (χ4v) is 5.56. The Morgan fingerprint density at radius 2 is 1.92 bits per heavy atom. The third-order valence-corrected chi connectivity index (χ3v) is 7.42. The SMILES string of the molecule is CCCC(=O)N1N=C(c2ccc3c(c2)CCCN3C(=NCC)c2ccc(OC)cc2)C(C)(C)SC1=O. The fraction of sp³-hybridized carbons (Fsp3) is 0.429. The molecule has 0 fully saturated rings. The van der Waals surface area contributed by atoms with Gasteiger partial charge in [0, 0.05) is 30.8 Å². The number of carbonyl (C=O) groups excluding carboxylic acids is 2. The van der Waals surface area contributed by atoms with Crippen molar-refractivity contribution in [1.29, 1.82) is 0 Å². The molecule has 0 aliphatic carbocycles. The van der Waals surface area contributed by atoms with Gasteiger partial charge < -0.3 is 9.64 Å². The van der Waals surface area contributed by atoms with Crippen molar-refractivity contribution >= 4 is 40.1 Å². The van der Waals surface area contributed by atoms with Crippen LogP contribution in [-0.4, -0.2) is 52.6 Å². The van der Waals surface area contributed by atoms with Crippen molar-refractivity contribution in [1.82, 2.24) is 5.01 Å². The summed E-state index contributed by atoms with van der Waals surface area (Å²) in [4.78, 5) is 32.3. The predicted molar refractivity (Wildman–Crippen MR) is 148 cm³/mol. The number of hydrogen-bond donors (Lipinski definition) is 0. The molecule has 0 radical (unpaired) electrons. The summed E-state index contributed by atoms with van der Waals surface area (Å²) in [5, 5.41) is 5.32. The molecule has 190 valence electrons. The summed E-state index contributed by atoms with van der Waals surface area (Å²) in [6, 6.07) is 14.4. The van der Waals surface area contributed by atoms with Gasteiger partial charge in [0.25, 0.3) is 5.91 Å². The summed E-state index contributed by atoms with van der Waals surface area (Å²) in [5.74, 6) is 1.51. The number of hydrogen-bond acceptors (Lipinski definition) is 6. The molecule has 36 heavy (non-hydrogen) atoms. The minimum atomic E-state index is -0.541. The number of aryl methyl sites for hydroxylation is 1. The van der Waals surface area contributed by atoms with E-state index in [0.717, 1.165) is 70.3 Å². The van der Waals surface area contributed by atoms with E-state index in [1.165, 1.54) is 5.56 Å². The second-order valence-electron chi connectivity index (χ2n) is 9.41. The number of ether oxygens (including phenoxy) is 1. The monoisotopic (exact) mass is 506 g/mol. The van der Waals surface area contributed by atoms with Gasteiger partial charge in [0.15, 0.2) is 0 Å². The maximum absolute atomic E-state index is 12.6. The number of rotatable bonds is 6. The number of methoxy groups -OCH3 is 1. The lowest BCUT2D eigenvalue weighted by atomic mass is 9.93. The van der Waals surface area contributed by atoms with Gasteiger partial charge in [-0.3, -0.25) is 14.6 Å². The van der Waals surface area contributed by atoms with Crippen LogP contribution in [0.4, 0.5) is 10.5 Å². The molecule has 2 aliphatic rings. The molecule has 0 unspecified atom stereocenters. The average molecular weight is 507 g/mol. The molecule has 2 amide bonds. The topological polar surface area (TPSA) is 74.6 Å². The Bertz CT molecular complexity index is 1200. The van der Waals surface area contributed by atoms with Crippen LogP contribution in [0.3, 0.4) is 0 Å². The maximum Gasteiger partial charge on any atom is 0.309 e. The van der Waals surface area contributed by atoms with Crippen molar-refractivity contribution in [3.63, 3.8) is 0 Å². The number of benzene rings is 2. The summed E-state index contributed by atoms with van der Waals surface area (Å²) >= 11 is 1.15. The minimum absolute atomic E-state index is 0.257. The zero-order chi connectivity index (χ0) is 25.9. The summed E-state index contributed by atoms with van der Waals surface area (Å²) in [6.45, 7) is 9.50. The van der Waals surface area contributed by atoms with Crippen LogP contribution in [0.25, 0.3) is 0 Å². The van der Waals surface area contributed by atoms with Gasteiger partial charge in [-0.25, -0.2) is 0 Å². The highest BCUT2D eigenvalue weighted by Gasteiger charge is 2.40. The number of amidine groups is 1. The molecule has 0 saturated heterocycles. The van der Waals surface area contributed by atoms with Crippen LogP contribution in [0, 0.1) is 0 Å². The first-order chi connectivity index (χ1) is 17.3. The second kappa shape index (κ2) is 10.9. The van der Waals surface area contributed by atoms with Crippen LogP contribution in [0.2, 0.25) is 0 Å². The Morgan fingerprint density at radius 1 is 1.17 bits per heavy atom. The van der Waals surface area contributed by atoms with E-state index in [4.69, 9.17) is 9.73 Å². The summed E-state index contributed by atoms with van der Waals surface area (Å²) < 4.78 is 4.79. The van der Waals surface area contributed by atoms with E-state index in [1.54, 1.807) is 7.11 Å². The van der Waals surface area contributed by atoms with Crippen molar-refractivity contribution in [3.8, 4) is 5.75 Å². The molecule has 2 heterocycles. The molecule has 2 aromatic rings. The third kappa shape index (κ3) is 5.19. The van der Waals surface area contributed by atoms with Gasteiger partial charge in [-0.05, 0) is 99.3 Å². The molecule has 2 aromatic carbocycles. The highest BCUT2D eigenvalue weighted by molar-refractivity contribution is 8.15. The Balaban J connectivity index is 1.72. The molecule has 0 saturated carbocycles. The largest absolute Gasteiger partial charge is 0.497 e. The van der Waals surface area contributed by atoms with E-state index in [2.05, 4.69) is 22.1 Å². The molecule has 7 nitrogen and oxygen atoms in total. The van der Waals surface area contributed by atoms with E-state index in [0.29, 0.717) is 19.4 Å². The van der Waals surface area contributed by atoms with Gasteiger partial charge in [-0.2, -0.15) is 10.1 Å². The number of thioether (sulfide) groups is 1.